The average Bonchev–Trinajstić information content (AvgIpc) is 2.10. The van der Waals surface area contributed by atoms with E-state index in [4.69, 9.17) is 9.84 Å². The molecule has 5 nitrogen and oxygen atoms in total. The van der Waals surface area contributed by atoms with Crippen LogP contribution >= 0.6 is 0 Å². The summed E-state index contributed by atoms with van der Waals surface area (Å²) in [5.74, 6) is -0.803. The summed E-state index contributed by atoms with van der Waals surface area (Å²) in [6.07, 6.45) is 0.429. The average molecular weight is 296 g/mol. The number of ether oxygens (including phenoxy) is 1. The molecule has 0 aromatic heterocycles. The van der Waals surface area contributed by atoms with Gasteiger partial charge in [-0.15, -0.1) is 0 Å². The van der Waals surface area contributed by atoms with Gasteiger partial charge in [0.1, 0.15) is 6.54 Å². The first-order valence-corrected chi connectivity index (χ1v) is 6.32. The number of carbonyl (C=O) groups is 2. The summed E-state index contributed by atoms with van der Waals surface area (Å²) >= 11 is 0. The summed E-state index contributed by atoms with van der Waals surface area (Å²) in [6.45, 7) is 4.57. The van der Waals surface area contributed by atoms with Crippen molar-refractivity contribution in [1.29, 1.82) is 0 Å². The zero-order chi connectivity index (χ0) is 14.3. The molecule has 0 bridgehead atoms. The molecule has 0 aliphatic rings. The Morgan fingerprint density at radius 3 is 2.11 bits per heavy atom. The maximum absolute atomic E-state index is 11.6. The molecule has 19 heavy (non-hydrogen) atoms. The van der Waals surface area contributed by atoms with Crippen LogP contribution in [-0.4, -0.2) is 55.3 Å². The molecule has 1 atom stereocenters. The number of hydrogen-bond donors (Lipinski definition) is 1. The molecule has 0 aromatic rings. The van der Waals surface area contributed by atoms with Crippen molar-refractivity contribution in [2.24, 2.45) is 5.92 Å². The first-order valence-electron chi connectivity index (χ1n) is 6.32. The number of halogens is 1. The molecule has 0 aliphatic heterocycles. The summed E-state index contributed by atoms with van der Waals surface area (Å²) in [6, 6.07) is 0. The number of likely N-dealkylation sites (N-methyl/N-ethyl adjacent to an activating group) is 1. The van der Waals surface area contributed by atoms with Crippen LogP contribution in [0.25, 0.3) is 0 Å². The third kappa shape index (κ3) is 13.4. The number of esters is 1. The van der Waals surface area contributed by atoms with Crippen molar-refractivity contribution < 1.29 is 36.3 Å². The lowest BCUT2D eigenvalue weighted by atomic mass is 10.1. The number of quaternary nitrogens is 1. The monoisotopic (exact) mass is 295 g/mol. The third-order valence-electron chi connectivity index (χ3n) is 2.38. The molecule has 0 amide bonds. The summed E-state index contributed by atoms with van der Waals surface area (Å²) in [5.41, 5.74) is 0. The van der Waals surface area contributed by atoms with Crippen LogP contribution in [0.5, 0.6) is 0 Å². The van der Waals surface area contributed by atoms with E-state index >= 15 is 0 Å². The minimum Gasteiger partial charge on any atom is -1.00 e. The van der Waals surface area contributed by atoms with Crippen LogP contribution in [0.3, 0.4) is 0 Å². The highest BCUT2D eigenvalue weighted by molar-refractivity contribution is 5.71. The second-order valence-electron chi connectivity index (χ2n) is 6.12. The van der Waals surface area contributed by atoms with Crippen LogP contribution in [0.15, 0.2) is 0 Å². The zero-order valence-electron chi connectivity index (χ0n) is 12.5. The number of rotatable bonds is 8. The normalized spacial score (nSPS) is 12.7. The van der Waals surface area contributed by atoms with Gasteiger partial charge >= 0.3 is 11.9 Å². The topological polar surface area (TPSA) is 63.6 Å². The van der Waals surface area contributed by atoms with E-state index in [-0.39, 0.29) is 24.8 Å². The van der Waals surface area contributed by atoms with Crippen LogP contribution in [0.1, 0.15) is 33.1 Å². The fraction of sp³-hybridized carbons (Fsp3) is 0.846. The first kappa shape index (κ1) is 20.5. The number of carbonyl (C=O) groups excluding carboxylic acids is 1. The van der Waals surface area contributed by atoms with Gasteiger partial charge in [0.15, 0.2) is 6.10 Å². The highest BCUT2D eigenvalue weighted by atomic mass is 35.5. The van der Waals surface area contributed by atoms with Gasteiger partial charge in [0.05, 0.1) is 27.6 Å². The van der Waals surface area contributed by atoms with E-state index in [9.17, 15) is 9.59 Å². The first-order chi connectivity index (χ1) is 8.10. The molecule has 114 valence electrons. The van der Waals surface area contributed by atoms with E-state index in [0.717, 1.165) is 6.42 Å². The summed E-state index contributed by atoms with van der Waals surface area (Å²) in [7, 11) is 5.82. The molecule has 0 radical (unpaired) electrons. The van der Waals surface area contributed by atoms with Crippen molar-refractivity contribution in [2.45, 2.75) is 39.2 Å². The van der Waals surface area contributed by atoms with Crippen molar-refractivity contribution in [3.63, 3.8) is 0 Å². The Balaban J connectivity index is 0. The van der Waals surface area contributed by atoms with E-state index < -0.39 is 12.1 Å². The smallest absolute Gasteiger partial charge is 0.307 e. The van der Waals surface area contributed by atoms with Crippen LogP contribution < -0.4 is 12.4 Å². The Hall–Kier alpha value is -0.810. The third-order valence-corrected chi connectivity index (χ3v) is 2.38. The lowest BCUT2D eigenvalue weighted by Gasteiger charge is -2.28. The van der Waals surface area contributed by atoms with Gasteiger partial charge in [0.2, 0.25) is 0 Å². The Labute approximate surface area is 121 Å². The Morgan fingerprint density at radius 2 is 1.74 bits per heavy atom. The quantitative estimate of drug-likeness (QED) is 0.438. The van der Waals surface area contributed by atoms with Crippen LogP contribution in [0.4, 0.5) is 0 Å². The second-order valence-corrected chi connectivity index (χ2v) is 6.12. The molecule has 6 heteroatoms. The molecule has 0 rings (SSSR count). The van der Waals surface area contributed by atoms with Crippen molar-refractivity contribution >= 4 is 11.9 Å². The van der Waals surface area contributed by atoms with Gasteiger partial charge in [-0.2, -0.15) is 0 Å². The molecule has 0 fully saturated rings. The lowest BCUT2D eigenvalue weighted by molar-refractivity contribution is -0.873. The van der Waals surface area contributed by atoms with Gasteiger partial charge in [-0.05, 0) is 12.3 Å². The van der Waals surface area contributed by atoms with Gasteiger partial charge in [-0.1, -0.05) is 13.8 Å². The molecule has 0 saturated carbocycles. The number of carboxylic acids is 1. The van der Waals surface area contributed by atoms with Crippen LogP contribution in [0, 0.1) is 5.92 Å². The Kier molecular flexibility index (Phi) is 9.88. The molecule has 1 N–H and O–H groups in total. The van der Waals surface area contributed by atoms with Crippen LogP contribution in [0.2, 0.25) is 0 Å². The number of carboxylic acid groups (broad SMARTS) is 1. The summed E-state index contributed by atoms with van der Waals surface area (Å²) in [5, 5.41) is 8.81. The van der Waals surface area contributed by atoms with Gasteiger partial charge in [0.25, 0.3) is 0 Å². The summed E-state index contributed by atoms with van der Waals surface area (Å²) in [4.78, 5) is 22.3. The molecule has 0 spiro atoms. The fourth-order valence-corrected chi connectivity index (χ4v) is 1.60. The van der Waals surface area contributed by atoms with E-state index in [0.29, 0.717) is 23.4 Å². The van der Waals surface area contributed by atoms with E-state index in [1.54, 1.807) is 0 Å². The van der Waals surface area contributed by atoms with Crippen molar-refractivity contribution in [3.8, 4) is 0 Å². The van der Waals surface area contributed by atoms with Crippen LogP contribution in [-0.2, 0) is 14.3 Å². The number of nitrogens with zero attached hydrogens (tertiary/aromatic N) is 1. The minimum absolute atomic E-state index is 0. The molecular formula is C13H26ClNO4. The Morgan fingerprint density at radius 1 is 1.21 bits per heavy atom. The number of aliphatic carboxylic acids is 1. The number of hydrogen-bond acceptors (Lipinski definition) is 3. The molecule has 0 aromatic carbocycles. The maximum Gasteiger partial charge on any atom is 0.307 e. The van der Waals surface area contributed by atoms with Crippen molar-refractivity contribution in [3.05, 3.63) is 0 Å². The van der Waals surface area contributed by atoms with Gasteiger partial charge in [-0.25, -0.2) is 0 Å². The molecular weight excluding hydrogens is 270 g/mol. The second kappa shape index (κ2) is 9.15. The van der Waals surface area contributed by atoms with Gasteiger partial charge in [-0.3, -0.25) is 9.59 Å². The summed E-state index contributed by atoms with van der Waals surface area (Å²) < 4.78 is 5.82. The molecule has 0 aliphatic carbocycles. The maximum atomic E-state index is 11.6. The van der Waals surface area contributed by atoms with E-state index in [2.05, 4.69) is 0 Å². The van der Waals surface area contributed by atoms with E-state index in [1.807, 2.05) is 35.0 Å². The highest BCUT2D eigenvalue weighted by Gasteiger charge is 2.24. The minimum atomic E-state index is -0.940. The molecule has 0 unspecified atom stereocenters. The van der Waals surface area contributed by atoms with Gasteiger partial charge in [0, 0.05) is 6.42 Å². The SMILES string of the molecule is CC(C)CCC(=O)O[C@H](CC(=O)O)C[N+](C)(C)C.[Cl-]. The molecule has 0 saturated heterocycles. The van der Waals surface area contributed by atoms with Crippen molar-refractivity contribution in [1.82, 2.24) is 0 Å². The van der Waals surface area contributed by atoms with E-state index in [1.165, 1.54) is 0 Å². The fourth-order valence-electron chi connectivity index (χ4n) is 1.60. The van der Waals surface area contributed by atoms with Crippen molar-refractivity contribution in [2.75, 3.05) is 27.7 Å². The predicted molar refractivity (Wildman–Crippen MR) is 69.1 cm³/mol. The predicted octanol–water partition coefficient (Wildman–Crippen LogP) is -1.48. The zero-order valence-corrected chi connectivity index (χ0v) is 13.2. The Bertz CT molecular complexity index is 287. The van der Waals surface area contributed by atoms with Gasteiger partial charge < -0.3 is 26.7 Å². The largest absolute Gasteiger partial charge is 1.00 e. The highest BCUT2D eigenvalue weighted by Crippen LogP contribution is 2.09. The lowest BCUT2D eigenvalue weighted by Crippen LogP contribution is -3.00. The molecule has 0 heterocycles. The standard InChI is InChI=1S/C13H25NO4.ClH/c1-10(2)6-7-13(17)18-11(8-12(15)16)9-14(3,4)5;/h10-11H,6-9H2,1-5H3;1H/t11-;/m1./s1.